The van der Waals surface area contributed by atoms with E-state index >= 15 is 0 Å². The van der Waals surface area contributed by atoms with E-state index in [1.54, 1.807) is 0 Å². The number of hydrogen-bond acceptors (Lipinski definition) is 5. The molecule has 8 nitrogen and oxygen atoms in total. The Bertz CT molecular complexity index is 1020. The molecule has 3 N–H and O–H groups in total. The number of carbonyl (C=O) groups excluding carboxylic acids is 2. The number of alkyl carbamates (subject to hydrolysis) is 1. The number of hydrogen-bond donors (Lipinski definition) is 3. The van der Waals surface area contributed by atoms with Crippen molar-refractivity contribution in [1.29, 1.82) is 0 Å². The molecule has 4 rings (SSSR count). The molecule has 2 aliphatic rings. The highest BCUT2D eigenvalue weighted by atomic mass is 16.5. The highest BCUT2D eigenvalue weighted by Crippen LogP contribution is 2.44. The van der Waals surface area contributed by atoms with Gasteiger partial charge in [-0.05, 0) is 41.5 Å². The summed E-state index contributed by atoms with van der Waals surface area (Å²) in [6.07, 6.45) is 2.08. The van der Waals surface area contributed by atoms with Crippen molar-refractivity contribution in [2.24, 2.45) is 0 Å². The van der Waals surface area contributed by atoms with E-state index in [2.05, 4.69) is 34.9 Å². The van der Waals surface area contributed by atoms with Gasteiger partial charge in [0.1, 0.15) is 12.6 Å². The lowest BCUT2D eigenvalue weighted by Gasteiger charge is -2.32. The second-order valence-electron chi connectivity index (χ2n) is 9.27. The second-order valence-corrected chi connectivity index (χ2v) is 9.27. The van der Waals surface area contributed by atoms with Gasteiger partial charge in [-0.2, -0.15) is 0 Å². The fourth-order valence-electron chi connectivity index (χ4n) is 5.03. The molecule has 0 radical (unpaired) electrons. The molecule has 0 spiro atoms. The number of carboxylic acids is 1. The van der Waals surface area contributed by atoms with Crippen molar-refractivity contribution in [3.8, 4) is 11.1 Å². The maximum atomic E-state index is 12.5. The minimum Gasteiger partial charge on any atom is -0.480 e. The van der Waals surface area contributed by atoms with Crippen LogP contribution in [0.5, 0.6) is 0 Å². The second kappa shape index (κ2) is 11.4. The highest BCUT2D eigenvalue weighted by Gasteiger charge is 2.30. The quantitative estimate of drug-likeness (QED) is 0.509. The summed E-state index contributed by atoms with van der Waals surface area (Å²) in [6.45, 7) is 3.61. The van der Waals surface area contributed by atoms with Crippen LogP contribution in [-0.2, 0) is 14.3 Å². The third kappa shape index (κ3) is 6.00. The van der Waals surface area contributed by atoms with E-state index in [1.165, 1.54) is 22.3 Å². The Morgan fingerprint density at radius 2 is 1.63 bits per heavy atom. The van der Waals surface area contributed by atoms with Crippen molar-refractivity contribution in [1.82, 2.24) is 15.5 Å². The number of nitrogens with zero attached hydrogens (tertiary/aromatic N) is 1. The summed E-state index contributed by atoms with van der Waals surface area (Å²) < 4.78 is 5.64. The minimum absolute atomic E-state index is 0.0168. The van der Waals surface area contributed by atoms with Gasteiger partial charge in [-0.3, -0.25) is 9.69 Å². The van der Waals surface area contributed by atoms with Crippen LogP contribution in [0.2, 0.25) is 0 Å². The molecule has 1 atom stereocenters. The monoisotopic (exact) mass is 479 g/mol. The first-order valence-corrected chi connectivity index (χ1v) is 12.3. The summed E-state index contributed by atoms with van der Waals surface area (Å²) in [5, 5.41) is 14.8. The van der Waals surface area contributed by atoms with Crippen molar-refractivity contribution in [2.75, 3.05) is 26.2 Å². The standard InChI is InChI=1S/C27H33N3O5/c1-2-7-24(26(32)33)29-25(31)16-30-14-12-18(13-15-30)28-27(34)35-17-23-21-10-5-3-8-19(21)20-9-4-6-11-22(20)23/h3-6,8-11,18,23-24H,2,7,12-17H2,1H3,(H,28,34)(H,29,31)(H,32,33). The number of benzene rings is 2. The number of carbonyl (C=O) groups is 3. The third-order valence-corrected chi connectivity index (χ3v) is 6.83. The molecule has 0 saturated carbocycles. The van der Waals surface area contributed by atoms with Crippen LogP contribution in [0, 0.1) is 0 Å². The SMILES string of the molecule is CCCC(NC(=O)CN1CCC(NC(=O)OCC2c3ccccc3-c3ccccc32)CC1)C(=O)O. The molecule has 0 aromatic heterocycles. The van der Waals surface area contributed by atoms with Crippen LogP contribution in [0.25, 0.3) is 11.1 Å². The highest BCUT2D eigenvalue weighted by molar-refractivity contribution is 5.84. The van der Waals surface area contributed by atoms with Crippen molar-refractivity contribution in [2.45, 2.75) is 50.6 Å². The summed E-state index contributed by atoms with van der Waals surface area (Å²) in [6, 6.07) is 15.6. The largest absolute Gasteiger partial charge is 0.480 e. The van der Waals surface area contributed by atoms with Crippen LogP contribution >= 0.6 is 0 Å². The smallest absolute Gasteiger partial charge is 0.407 e. The van der Waals surface area contributed by atoms with Crippen LogP contribution in [0.15, 0.2) is 48.5 Å². The minimum atomic E-state index is -1.01. The maximum absolute atomic E-state index is 12.5. The first-order chi connectivity index (χ1) is 17.0. The average Bonchev–Trinajstić information content (AvgIpc) is 3.17. The molecule has 2 amide bonds. The molecule has 2 aromatic carbocycles. The number of nitrogens with one attached hydrogen (secondary N) is 2. The lowest BCUT2D eigenvalue weighted by molar-refractivity contribution is -0.142. The Balaban J connectivity index is 1.22. The molecule has 186 valence electrons. The number of likely N-dealkylation sites (tertiary alicyclic amines) is 1. The molecule has 8 heteroatoms. The number of carboxylic acid groups (broad SMARTS) is 1. The predicted octanol–water partition coefficient (Wildman–Crippen LogP) is 3.36. The van der Waals surface area contributed by atoms with Gasteiger partial charge in [0, 0.05) is 25.0 Å². The molecule has 1 aliphatic carbocycles. The lowest BCUT2D eigenvalue weighted by Crippen LogP contribution is -2.49. The van der Waals surface area contributed by atoms with Crippen molar-refractivity contribution < 1.29 is 24.2 Å². The Hall–Kier alpha value is -3.39. The Kier molecular flexibility index (Phi) is 8.02. The maximum Gasteiger partial charge on any atom is 0.407 e. The number of ether oxygens (including phenoxy) is 1. The molecule has 2 aromatic rings. The Morgan fingerprint density at radius 1 is 1.03 bits per heavy atom. The average molecular weight is 480 g/mol. The van der Waals surface area contributed by atoms with Gasteiger partial charge in [0.25, 0.3) is 0 Å². The van der Waals surface area contributed by atoms with Crippen LogP contribution in [0.1, 0.15) is 49.7 Å². The molecular formula is C27H33N3O5. The summed E-state index contributed by atoms with van der Waals surface area (Å²) in [7, 11) is 0. The van der Waals surface area contributed by atoms with Crippen molar-refractivity contribution in [3.63, 3.8) is 0 Å². The molecular weight excluding hydrogens is 446 g/mol. The third-order valence-electron chi connectivity index (χ3n) is 6.83. The van der Waals surface area contributed by atoms with E-state index in [4.69, 9.17) is 4.74 Å². The number of piperidine rings is 1. The first-order valence-electron chi connectivity index (χ1n) is 12.3. The number of aliphatic carboxylic acids is 1. The van der Waals surface area contributed by atoms with E-state index in [0.717, 1.165) is 0 Å². The molecule has 35 heavy (non-hydrogen) atoms. The summed E-state index contributed by atoms with van der Waals surface area (Å²) in [4.78, 5) is 38.0. The van der Waals surface area contributed by atoms with Gasteiger partial charge in [-0.15, -0.1) is 0 Å². The van der Waals surface area contributed by atoms with Crippen LogP contribution in [-0.4, -0.2) is 66.3 Å². The molecule has 1 fully saturated rings. The molecule has 0 bridgehead atoms. The van der Waals surface area contributed by atoms with Crippen molar-refractivity contribution >= 4 is 18.0 Å². The van der Waals surface area contributed by atoms with Gasteiger partial charge in [-0.1, -0.05) is 61.9 Å². The number of amides is 2. The molecule has 1 unspecified atom stereocenters. The fourth-order valence-corrected chi connectivity index (χ4v) is 5.03. The van der Waals surface area contributed by atoms with E-state index < -0.39 is 18.1 Å². The molecule has 1 aliphatic heterocycles. The van der Waals surface area contributed by atoms with E-state index in [0.29, 0.717) is 38.8 Å². The molecule has 1 heterocycles. The predicted molar refractivity (Wildman–Crippen MR) is 132 cm³/mol. The van der Waals surface area contributed by atoms with Gasteiger partial charge in [-0.25, -0.2) is 9.59 Å². The van der Waals surface area contributed by atoms with Crippen LogP contribution in [0.4, 0.5) is 4.79 Å². The van der Waals surface area contributed by atoms with Gasteiger partial charge < -0.3 is 20.5 Å². The number of rotatable bonds is 9. The van der Waals surface area contributed by atoms with E-state index in [1.807, 2.05) is 36.1 Å². The van der Waals surface area contributed by atoms with E-state index in [-0.39, 0.29) is 31.0 Å². The van der Waals surface area contributed by atoms with Gasteiger partial charge in [0.2, 0.25) is 5.91 Å². The summed E-state index contributed by atoms with van der Waals surface area (Å²) in [5.41, 5.74) is 4.74. The fraction of sp³-hybridized carbons (Fsp3) is 0.444. The Morgan fingerprint density at radius 3 is 2.20 bits per heavy atom. The first kappa shape index (κ1) is 24.7. The summed E-state index contributed by atoms with van der Waals surface area (Å²) >= 11 is 0. The van der Waals surface area contributed by atoms with E-state index in [9.17, 15) is 19.5 Å². The topological polar surface area (TPSA) is 108 Å². The normalized spacial score (nSPS) is 16.7. The van der Waals surface area contributed by atoms with Crippen molar-refractivity contribution in [3.05, 3.63) is 59.7 Å². The zero-order chi connectivity index (χ0) is 24.8. The van der Waals surface area contributed by atoms with Gasteiger partial charge in [0.05, 0.1) is 6.54 Å². The zero-order valence-electron chi connectivity index (χ0n) is 20.0. The lowest BCUT2D eigenvalue weighted by atomic mass is 9.98. The number of fused-ring (bicyclic) bond motifs is 3. The van der Waals surface area contributed by atoms with Gasteiger partial charge in [0.15, 0.2) is 0 Å². The Labute approximate surface area is 205 Å². The zero-order valence-corrected chi connectivity index (χ0v) is 20.0. The molecule has 1 saturated heterocycles. The van der Waals surface area contributed by atoms with Crippen LogP contribution < -0.4 is 10.6 Å². The van der Waals surface area contributed by atoms with Crippen LogP contribution in [0.3, 0.4) is 0 Å². The van der Waals surface area contributed by atoms with Gasteiger partial charge >= 0.3 is 12.1 Å². The summed E-state index contributed by atoms with van der Waals surface area (Å²) in [5.74, 6) is -1.27.